The van der Waals surface area contributed by atoms with E-state index in [1.807, 2.05) is 60.7 Å². The van der Waals surface area contributed by atoms with E-state index in [9.17, 15) is 10.1 Å². The van der Waals surface area contributed by atoms with Crippen molar-refractivity contribution in [2.75, 3.05) is 0 Å². The highest BCUT2D eigenvalue weighted by molar-refractivity contribution is 5.96. The molecule has 0 radical (unpaired) electrons. The van der Waals surface area contributed by atoms with Crippen molar-refractivity contribution in [3.63, 3.8) is 0 Å². The number of nitrogens with zero attached hydrogens (tertiary/aromatic N) is 1. The van der Waals surface area contributed by atoms with E-state index < -0.39 is 0 Å². The molecule has 0 saturated heterocycles. The molecule has 0 atom stereocenters. The number of ketones is 1. The lowest BCUT2D eigenvalue weighted by Gasteiger charge is -2.11. The van der Waals surface area contributed by atoms with Gasteiger partial charge in [0, 0.05) is 5.56 Å². The fourth-order valence-electron chi connectivity index (χ4n) is 3.98. The molecular weight excluding hydrogens is 426 g/mol. The Hall–Kier alpha value is -3.96. The van der Waals surface area contributed by atoms with Crippen molar-refractivity contribution in [3.05, 3.63) is 131 Å². The summed E-state index contributed by atoms with van der Waals surface area (Å²) in [5.74, 6) is 0.0945. The van der Waals surface area contributed by atoms with Crippen LogP contribution in [0.15, 0.2) is 103 Å². The summed E-state index contributed by atoms with van der Waals surface area (Å²) in [6.45, 7) is 3.78. The first kappa shape index (κ1) is 27.3. The van der Waals surface area contributed by atoms with E-state index in [4.69, 9.17) is 0 Å². The van der Waals surface area contributed by atoms with Gasteiger partial charge in [-0.05, 0) is 66.5 Å². The molecule has 4 aromatic rings. The Bertz CT molecular complexity index is 1240. The van der Waals surface area contributed by atoms with Gasteiger partial charge in [-0.15, -0.1) is 0 Å². The quantitative estimate of drug-likeness (QED) is 0.259. The summed E-state index contributed by atoms with van der Waals surface area (Å²) in [5, 5.41) is 9.22. The Kier molecular flexibility index (Phi) is 11.2. The van der Waals surface area contributed by atoms with Crippen molar-refractivity contribution in [2.45, 2.75) is 47.0 Å². The summed E-state index contributed by atoms with van der Waals surface area (Å²) in [5.41, 5.74) is 7.36. The molecule has 4 rings (SSSR count). The van der Waals surface area contributed by atoms with Crippen LogP contribution in [0.5, 0.6) is 0 Å². The molecule has 0 bridgehead atoms. The van der Waals surface area contributed by atoms with Crippen molar-refractivity contribution < 1.29 is 4.79 Å². The third-order valence-corrected chi connectivity index (χ3v) is 5.87. The van der Waals surface area contributed by atoms with Crippen LogP contribution in [0, 0.1) is 11.3 Å². The van der Waals surface area contributed by atoms with Crippen LogP contribution in [0.2, 0.25) is 0 Å². The van der Waals surface area contributed by atoms with Gasteiger partial charge in [-0.25, -0.2) is 0 Å². The second kappa shape index (κ2) is 14.3. The average molecular weight is 462 g/mol. The molecule has 2 heteroatoms. The molecule has 2 nitrogen and oxygen atoms in total. The topological polar surface area (TPSA) is 40.9 Å². The number of hydrogen-bond donors (Lipinski definition) is 0. The standard InChI is InChI=1S/C24H21NO.C8H10.CH4/c1-18(26)24-15-14-21(19-8-3-2-4-9-19)16-22(24)13-7-12-20-10-5-6-11-23(20)17-25;1-2-8-6-4-3-5-7-8;/h2-6,8-11,14-16H,7,12-13H2,1H3;3-7H,2H2,1H3;1H4. The van der Waals surface area contributed by atoms with Crippen LogP contribution in [-0.4, -0.2) is 5.78 Å². The number of benzene rings is 4. The van der Waals surface area contributed by atoms with Crippen LogP contribution >= 0.6 is 0 Å². The molecule has 178 valence electrons. The van der Waals surface area contributed by atoms with E-state index in [1.165, 1.54) is 5.56 Å². The van der Waals surface area contributed by atoms with Gasteiger partial charge in [-0.1, -0.05) is 111 Å². The summed E-state index contributed by atoms with van der Waals surface area (Å²) in [6.07, 6.45) is 3.68. The number of carbonyl (C=O) groups excluding carboxylic acids is 1. The first-order valence-electron chi connectivity index (χ1n) is 11.8. The molecule has 0 spiro atoms. The van der Waals surface area contributed by atoms with Gasteiger partial charge < -0.3 is 0 Å². The van der Waals surface area contributed by atoms with E-state index in [0.29, 0.717) is 0 Å². The summed E-state index contributed by atoms with van der Waals surface area (Å²) in [6, 6.07) is 36.7. The molecule has 4 aromatic carbocycles. The summed E-state index contributed by atoms with van der Waals surface area (Å²) in [7, 11) is 0. The fourth-order valence-corrected chi connectivity index (χ4v) is 3.98. The van der Waals surface area contributed by atoms with Gasteiger partial charge in [-0.2, -0.15) is 5.26 Å². The third kappa shape index (κ3) is 8.09. The highest BCUT2D eigenvalue weighted by Crippen LogP contribution is 2.24. The van der Waals surface area contributed by atoms with Crippen LogP contribution in [-0.2, 0) is 19.3 Å². The van der Waals surface area contributed by atoms with Gasteiger partial charge in [0.1, 0.15) is 0 Å². The molecule has 0 fully saturated rings. The lowest BCUT2D eigenvalue weighted by Crippen LogP contribution is -2.01. The zero-order valence-corrected chi connectivity index (χ0v) is 20.0. The largest absolute Gasteiger partial charge is 0.295 e. The van der Waals surface area contributed by atoms with E-state index in [2.05, 4.69) is 55.5 Å². The minimum Gasteiger partial charge on any atom is -0.295 e. The number of nitriles is 1. The predicted molar refractivity (Wildman–Crippen MR) is 148 cm³/mol. The minimum absolute atomic E-state index is 0. The van der Waals surface area contributed by atoms with E-state index in [1.54, 1.807) is 6.92 Å². The molecule has 35 heavy (non-hydrogen) atoms. The smallest absolute Gasteiger partial charge is 0.160 e. The maximum absolute atomic E-state index is 12.0. The van der Waals surface area contributed by atoms with Crippen LogP contribution in [0.3, 0.4) is 0 Å². The molecule has 0 saturated carbocycles. The second-order valence-electron chi connectivity index (χ2n) is 8.26. The molecule has 0 unspecified atom stereocenters. The SMILES string of the molecule is C.CC(=O)c1ccc(-c2ccccc2)cc1CCCc1ccccc1C#N.CCc1ccccc1. The molecule has 0 N–H and O–H groups in total. The molecule has 0 amide bonds. The molecule has 0 aliphatic carbocycles. The minimum atomic E-state index is 0. The highest BCUT2D eigenvalue weighted by atomic mass is 16.1. The molecule has 0 aromatic heterocycles. The lowest BCUT2D eigenvalue weighted by atomic mass is 9.93. The van der Waals surface area contributed by atoms with Crippen LogP contribution in [0.1, 0.15) is 60.3 Å². The number of Topliss-reactive ketones (excluding diaryl/α,β-unsaturated/α-hetero) is 1. The van der Waals surface area contributed by atoms with E-state index in [-0.39, 0.29) is 13.2 Å². The first-order valence-corrected chi connectivity index (χ1v) is 11.8. The number of aryl methyl sites for hydroxylation is 3. The summed E-state index contributed by atoms with van der Waals surface area (Å²) in [4.78, 5) is 12.0. The Morgan fingerprint density at radius 3 is 1.94 bits per heavy atom. The van der Waals surface area contributed by atoms with Gasteiger partial charge in [-0.3, -0.25) is 4.79 Å². The zero-order valence-electron chi connectivity index (χ0n) is 20.0. The second-order valence-corrected chi connectivity index (χ2v) is 8.26. The Labute approximate surface area is 210 Å². The predicted octanol–water partition coefficient (Wildman–Crippen LogP) is 8.49. The van der Waals surface area contributed by atoms with Crippen molar-refractivity contribution in [1.29, 1.82) is 5.26 Å². The van der Waals surface area contributed by atoms with Crippen molar-refractivity contribution in [3.8, 4) is 17.2 Å². The van der Waals surface area contributed by atoms with Crippen molar-refractivity contribution in [1.82, 2.24) is 0 Å². The molecule has 0 heterocycles. The Morgan fingerprint density at radius 1 is 0.743 bits per heavy atom. The maximum atomic E-state index is 12.0. The summed E-state index contributed by atoms with van der Waals surface area (Å²) < 4.78 is 0. The van der Waals surface area contributed by atoms with Gasteiger partial charge in [0.15, 0.2) is 5.78 Å². The first-order chi connectivity index (χ1) is 16.6. The molecule has 0 aliphatic rings. The maximum Gasteiger partial charge on any atom is 0.160 e. The average Bonchev–Trinajstić information content (AvgIpc) is 2.90. The summed E-state index contributed by atoms with van der Waals surface area (Å²) >= 11 is 0. The zero-order chi connectivity index (χ0) is 24.2. The monoisotopic (exact) mass is 461 g/mol. The van der Waals surface area contributed by atoms with Crippen LogP contribution < -0.4 is 0 Å². The van der Waals surface area contributed by atoms with E-state index >= 15 is 0 Å². The molecular formula is C33H35NO. The molecule has 0 aliphatic heterocycles. The Morgan fingerprint density at radius 2 is 1.34 bits per heavy atom. The van der Waals surface area contributed by atoms with Crippen molar-refractivity contribution >= 4 is 5.78 Å². The number of hydrogen-bond acceptors (Lipinski definition) is 2. The van der Waals surface area contributed by atoms with Gasteiger partial charge >= 0.3 is 0 Å². The van der Waals surface area contributed by atoms with E-state index in [0.717, 1.165) is 59.1 Å². The normalized spacial score (nSPS) is 9.74. The highest BCUT2D eigenvalue weighted by Gasteiger charge is 2.10. The number of rotatable bonds is 7. The Balaban J connectivity index is 0.000000409. The van der Waals surface area contributed by atoms with Crippen LogP contribution in [0.25, 0.3) is 11.1 Å². The van der Waals surface area contributed by atoms with Gasteiger partial charge in [0.05, 0.1) is 11.6 Å². The number of carbonyl (C=O) groups is 1. The lowest BCUT2D eigenvalue weighted by molar-refractivity contribution is 0.101. The third-order valence-electron chi connectivity index (χ3n) is 5.87. The van der Waals surface area contributed by atoms with Crippen molar-refractivity contribution in [2.24, 2.45) is 0 Å². The van der Waals surface area contributed by atoms with Crippen LogP contribution in [0.4, 0.5) is 0 Å². The van der Waals surface area contributed by atoms with Gasteiger partial charge in [0.2, 0.25) is 0 Å². The fraction of sp³-hybridized carbons (Fsp3) is 0.212. The van der Waals surface area contributed by atoms with Gasteiger partial charge in [0.25, 0.3) is 0 Å².